The molecular formula is C17H22BrNO5. The van der Waals surface area contributed by atoms with E-state index in [9.17, 15) is 9.59 Å². The van der Waals surface area contributed by atoms with Crippen LogP contribution in [0.4, 0.5) is 4.79 Å². The number of carbonyl (C=O) groups excluding carboxylic acids is 1. The lowest BCUT2D eigenvalue weighted by atomic mass is 9.88. The first-order chi connectivity index (χ1) is 11.1. The molecule has 2 rings (SSSR count). The van der Waals surface area contributed by atoms with E-state index in [4.69, 9.17) is 14.6 Å². The molecule has 1 aromatic rings. The summed E-state index contributed by atoms with van der Waals surface area (Å²) in [6.07, 6.45) is 1.08. The average Bonchev–Trinajstić information content (AvgIpc) is 2.40. The predicted molar refractivity (Wildman–Crippen MR) is 92.5 cm³/mol. The normalized spacial score (nSPS) is 20.0. The second-order valence-corrected chi connectivity index (χ2v) is 7.76. The fourth-order valence-electron chi connectivity index (χ4n) is 2.34. The Morgan fingerprint density at radius 3 is 2.42 bits per heavy atom. The Morgan fingerprint density at radius 2 is 1.92 bits per heavy atom. The molecule has 1 aromatic carbocycles. The Labute approximate surface area is 149 Å². The van der Waals surface area contributed by atoms with Gasteiger partial charge >= 0.3 is 12.1 Å². The zero-order valence-electron chi connectivity index (χ0n) is 14.2. The Balaban J connectivity index is 1.87. The zero-order chi connectivity index (χ0) is 18.1. The van der Waals surface area contributed by atoms with Gasteiger partial charge in [0, 0.05) is 25.9 Å². The molecule has 0 saturated heterocycles. The maximum absolute atomic E-state index is 12.0. The van der Waals surface area contributed by atoms with Gasteiger partial charge in [-0.15, -0.1) is 0 Å². The van der Waals surface area contributed by atoms with Gasteiger partial charge in [0.15, 0.2) is 0 Å². The highest BCUT2D eigenvalue weighted by Crippen LogP contribution is 2.33. The minimum Gasteiger partial charge on any atom is -0.489 e. The van der Waals surface area contributed by atoms with Crippen LogP contribution in [0.1, 0.15) is 44.0 Å². The first-order valence-electron chi connectivity index (χ1n) is 7.72. The van der Waals surface area contributed by atoms with Gasteiger partial charge in [0.2, 0.25) is 0 Å². The molecule has 1 aliphatic rings. The number of rotatable bonds is 4. The van der Waals surface area contributed by atoms with Gasteiger partial charge in [-0.25, -0.2) is 9.59 Å². The van der Waals surface area contributed by atoms with E-state index >= 15 is 0 Å². The van der Waals surface area contributed by atoms with Crippen molar-refractivity contribution in [3.8, 4) is 5.75 Å². The van der Waals surface area contributed by atoms with Gasteiger partial charge < -0.3 is 19.5 Å². The standard InChI is InChI=1S/C17H22BrNO5/c1-17(2,3)24-16(22)19(4)11-8-12(9-11)23-14-6-5-10(15(20)21)7-13(14)18/h5-7,11-12H,8-9H2,1-4H3,(H,20,21). The van der Waals surface area contributed by atoms with Crippen LogP contribution >= 0.6 is 15.9 Å². The third kappa shape index (κ3) is 4.63. The molecule has 132 valence electrons. The van der Waals surface area contributed by atoms with E-state index in [1.807, 2.05) is 20.8 Å². The molecule has 0 radical (unpaired) electrons. The SMILES string of the molecule is CN(C(=O)OC(C)(C)C)C1CC(Oc2ccc(C(=O)O)cc2Br)C1. The first kappa shape index (κ1) is 18.6. The summed E-state index contributed by atoms with van der Waals surface area (Å²) in [6, 6.07) is 4.74. The smallest absolute Gasteiger partial charge is 0.410 e. The first-order valence-corrected chi connectivity index (χ1v) is 8.51. The van der Waals surface area contributed by atoms with Crippen LogP contribution in [-0.4, -0.2) is 46.9 Å². The van der Waals surface area contributed by atoms with Gasteiger partial charge in [0.05, 0.1) is 10.0 Å². The van der Waals surface area contributed by atoms with E-state index < -0.39 is 11.6 Å². The molecule has 1 saturated carbocycles. The van der Waals surface area contributed by atoms with E-state index in [-0.39, 0.29) is 23.8 Å². The molecule has 0 spiro atoms. The van der Waals surface area contributed by atoms with Crippen LogP contribution in [0.3, 0.4) is 0 Å². The number of aromatic carboxylic acids is 1. The summed E-state index contributed by atoms with van der Waals surface area (Å²) in [7, 11) is 1.73. The summed E-state index contributed by atoms with van der Waals surface area (Å²) >= 11 is 3.32. The molecule has 1 amide bonds. The number of nitrogens with zero attached hydrogens (tertiary/aromatic N) is 1. The van der Waals surface area contributed by atoms with E-state index in [1.54, 1.807) is 18.0 Å². The van der Waals surface area contributed by atoms with Crippen molar-refractivity contribution in [1.82, 2.24) is 4.90 Å². The Kier molecular flexibility index (Phi) is 5.42. The summed E-state index contributed by atoms with van der Waals surface area (Å²) in [5, 5.41) is 8.96. The highest BCUT2D eigenvalue weighted by molar-refractivity contribution is 9.10. The molecule has 0 bridgehead atoms. The van der Waals surface area contributed by atoms with Gasteiger partial charge in [-0.05, 0) is 54.9 Å². The number of benzene rings is 1. The summed E-state index contributed by atoms with van der Waals surface area (Å²) in [4.78, 5) is 24.5. The van der Waals surface area contributed by atoms with E-state index in [2.05, 4.69) is 15.9 Å². The number of hydrogen-bond acceptors (Lipinski definition) is 4. The lowest BCUT2D eigenvalue weighted by molar-refractivity contribution is -0.00888. The number of ether oxygens (including phenoxy) is 2. The molecule has 0 heterocycles. The fourth-order valence-corrected chi connectivity index (χ4v) is 2.81. The molecule has 6 nitrogen and oxygen atoms in total. The number of carbonyl (C=O) groups is 2. The molecule has 1 fully saturated rings. The molecule has 24 heavy (non-hydrogen) atoms. The maximum atomic E-state index is 12.0. The maximum Gasteiger partial charge on any atom is 0.410 e. The second-order valence-electron chi connectivity index (χ2n) is 6.91. The van der Waals surface area contributed by atoms with E-state index in [1.165, 1.54) is 12.1 Å². The lowest BCUT2D eigenvalue weighted by Gasteiger charge is -2.41. The molecule has 0 aliphatic heterocycles. The van der Waals surface area contributed by atoms with Gasteiger partial charge in [0.25, 0.3) is 0 Å². The summed E-state index contributed by atoms with van der Waals surface area (Å²) in [5.74, 6) is -0.381. The number of amides is 1. The average molecular weight is 400 g/mol. The minimum atomic E-state index is -0.982. The number of hydrogen-bond donors (Lipinski definition) is 1. The highest BCUT2D eigenvalue weighted by Gasteiger charge is 2.37. The van der Waals surface area contributed by atoms with Crippen molar-refractivity contribution in [3.63, 3.8) is 0 Å². The number of carboxylic acids is 1. The largest absolute Gasteiger partial charge is 0.489 e. The van der Waals surface area contributed by atoms with E-state index in [0.717, 1.165) is 0 Å². The minimum absolute atomic E-state index is 0.00753. The van der Waals surface area contributed by atoms with Crippen molar-refractivity contribution in [3.05, 3.63) is 28.2 Å². The van der Waals surface area contributed by atoms with Crippen molar-refractivity contribution in [2.75, 3.05) is 7.05 Å². The fraction of sp³-hybridized carbons (Fsp3) is 0.529. The zero-order valence-corrected chi connectivity index (χ0v) is 15.8. The molecule has 1 aliphatic carbocycles. The van der Waals surface area contributed by atoms with Crippen LogP contribution in [0.5, 0.6) is 5.75 Å². The van der Waals surface area contributed by atoms with Crippen molar-refractivity contribution in [1.29, 1.82) is 0 Å². The van der Waals surface area contributed by atoms with Gasteiger partial charge in [-0.2, -0.15) is 0 Å². The highest BCUT2D eigenvalue weighted by atomic mass is 79.9. The van der Waals surface area contributed by atoms with E-state index in [0.29, 0.717) is 23.1 Å². The van der Waals surface area contributed by atoms with Crippen LogP contribution < -0.4 is 4.74 Å². The summed E-state index contributed by atoms with van der Waals surface area (Å²) < 4.78 is 11.8. The Bertz CT molecular complexity index is 634. The molecule has 7 heteroatoms. The topological polar surface area (TPSA) is 76.1 Å². The monoisotopic (exact) mass is 399 g/mol. The molecule has 0 atom stereocenters. The molecular weight excluding hydrogens is 378 g/mol. The Hall–Kier alpha value is -1.76. The van der Waals surface area contributed by atoms with Crippen molar-refractivity contribution in [2.45, 2.75) is 51.4 Å². The van der Waals surface area contributed by atoms with Crippen molar-refractivity contribution >= 4 is 28.0 Å². The third-order valence-corrected chi connectivity index (χ3v) is 4.39. The van der Waals surface area contributed by atoms with Crippen LogP contribution in [0, 0.1) is 0 Å². The van der Waals surface area contributed by atoms with Crippen LogP contribution in [0.25, 0.3) is 0 Å². The molecule has 1 N–H and O–H groups in total. The lowest BCUT2D eigenvalue weighted by Crippen LogP contribution is -2.51. The molecule has 0 unspecified atom stereocenters. The Morgan fingerprint density at radius 1 is 1.29 bits per heavy atom. The summed E-state index contributed by atoms with van der Waals surface area (Å²) in [6.45, 7) is 5.51. The van der Waals surface area contributed by atoms with Gasteiger partial charge in [-0.1, -0.05) is 0 Å². The van der Waals surface area contributed by atoms with Gasteiger partial charge in [-0.3, -0.25) is 0 Å². The molecule has 0 aromatic heterocycles. The number of carboxylic acid groups (broad SMARTS) is 1. The predicted octanol–water partition coefficient (Wildman–Crippen LogP) is 3.92. The van der Waals surface area contributed by atoms with Gasteiger partial charge in [0.1, 0.15) is 17.5 Å². The second kappa shape index (κ2) is 7.01. The van der Waals surface area contributed by atoms with Crippen LogP contribution in [0.15, 0.2) is 22.7 Å². The third-order valence-electron chi connectivity index (χ3n) is 3.77. The van der Waals surface area contributed by atoms with Crippen molar-refractivity contribution < 1.29 is 24.2 Å². The van der Waals surface area contributed by atoms with Crippen LogP contribution in [-0.2, 0) is 4.74 Å². The van der Waals surface area contributed by atoms with Crippen LogP contribution in [0.2, 0.25) is 0 Å². The number of halogens is 1. The quantitative estimate of drug-likeness (QED) is 0.829. The van der Waals surface area contributed by atoms with Crippen molar-refractivity contribution in [2.24, 2.45) is 0 Å². The summed E-state index contributed by atoms with van der Waals surface area (Å²) in [5.41, 5.74) is -0.313.